The van der Waals surface area contributed by atoms with Crippen LogP contribution in [0, 0.1) is 0 Å². The third-order valence-corrected chi connectivity index (χ3v) is 2.27. The lowest BCUT2D eigenvalue weighted by Crippen LogP contribution is -2.31. The summed E-state index contributed by atoms with van der Waals surface area (Å²) in [4.78, 5) is 0. The highest BCUT2D eigenvalue weighted by atomic mass is 19.1. The van der Waals surface area contributed by atoms with Crippen molar-refractivity contribution in [3.63, 3.8) is 0 Å². The first-order chi connectivity index (χ1) is 6.33. The summed E-state index contributed by atoms with van der Waals surface area (Å²) in [7, 11) is 0. The average molecular weight is 190 g/mol. The standard InChI is InChI=1S/C10H19FO2/c1-2-3-9(11)4-6-12-8-10-5-7-13-10/h9-10H,2-8H2,1H3. The number of rotatable bonds is 7. The molecule has 1 aliphatic heterocycles. The summed E-state index contributed by atoms with van der Waals surface area (Å²) in [5.74, 6) is 0. The number of ether oxygens (including phenoxy) is 2. The van der Waals surface area contributed by atoms with Gasteiger partial charge in [-0.2, -0.15) is 0 Å². The topological polar surface area (TPSA) is 18.5 Å². The van der Waals surface area contributed by atoms with Crippen molar-refractivity contribution < 1.29 is 13.9 Å². The van der Waals surface area contributed by atoms with Crippen LogP contribution in [0.1, 0.15) is 32.6 Å². The highest BCUT2D eigenvalue weighted by Crippen LogP contribution is 2.11. The van der Waals surface area contributed by atoms with Gasteiger partial charge in [-0.1, -0.05) is 13.3 Å². The van der Waals surface area contributed by atoms with E-state index in [0.29, 0.717) is 26.1 Å². The van der Waals surface area contributed by atoms with Crippen LogP contribution in [0.25, 0.3) is 0 Å². The Kier molecular flexibility index (Phi) is 5.32. The summed E-state index contributed by atoms with van der Waals surface area (Å²) in [6, 6.07) is 0. The summed E-state index contributed by atoms with van der Waals surface area (Å²) in [6.07, 6.45) is 2.78. The first-order valence-electron chi connectivity index (χ1n) is 5.16. The van der Waals surface area contributed by atoms with Crippen LogP contribution in [-0.4, -0.2) is 32.1 Å². The van der Waals surface area contributed by atoms with E-state index in [-0.39, 0.29) is 6.10 Å². The van der Waals surface area contributed by atoms with Gasteiger partial charge in [0.05, 0.1) is 12.7 Å². The molecule has 0 spiro atoms. The van der Waals surface area contributed by atoms with E-state index in [4.69, 9.17) is 9.47 Å². The van der Waals surface area contributed by atoms with Gasteiger partial charge in [0.2, 0.25) is 0 Å². The summed E-state index contributed by atoms with van der Waals surface area (Å²) < 4.78 is 23.4. The van der Waals surface area contributed by atoms with E-state index in [1.54, 1.807) is 0 Å². The second-order valence-corrected chi connectivity index (χ2v) is 3.53. The molecule has 0 amide bonds. The lowest BCUT2D eigenvalue weighted by molar-refractivity contribution is -0.0950. The Hall–Kier alpha value is -0.150. The number of halogens is 1. The van der Waals surface area contributed by atoms with E-state index < -0.39 is 6.17 Å². The molecule has 0 aromatic heterocycles. The molecule has 1 fully saturated rings. The predicted octanol–water partition coefficient (Wildman–Crippen LogP) is 2.32. The molecule has 0 aromatic rings. The fraction of sp³-hybridized carbons (Fsp3) is 1.00. The van der Waals surface area contributed by atoms with E-state index in [1.165, 1.54) is 0 Å². The maximum absolute atomic E-state index is 12.9. The molecule has 0 N–H and O–H groups in total. The van der Waals surface area contributed by atoms with Crippen LogP contribution in [0.15, 0.2) is 0 Å². The van der Waals surface area contributed by atoms with Crippen LogP contribution in [-0.2, 0) is 9.47 Å². The Morgan fingerprint density at radius 1 is 1.54 bits per heavy atom. The molecule has 0 bridgehead atoms. The largest absolute Gasteiger partial charge is 0.379 e. The number of hydrogen-bond acceptors (Lipinski definition) is 2. The molecular formula is C10H19FO2. The Morgan fingerprint density at radius 2 is 2.31 bits per heavy atom. The Balaban J connectivity index is 1.82. The van der Waals surface area contributed by atoms with E-state index in [2.05, 4.69) is 0 Å². The Morgan fingerprint density at radius 3 is 2.85 bits per heavy atom. The van der Waals surface area contributed by atoms with Crippen molar-refractivity contribution in [2.75, 3.05) is 19.8 Å². The summed E-state index contributed by atoms with van der Waals surface area (Å²) in [5.41, 5.74) is 0. The second kappa shape index (κ2) is 6.33. The zero-order valence-electron chi connectivity index (χ0n) is 8.30. The molecule has 1 heterocycles. The molecule has 2 unspecified atom stereocenters. The molecule has 1 rings (SSSR count). The normalized spacial score (nSPS) is 24.0. The zero-order valence-corrected chi connectivity index (χ0v) is 8.30. The van der Waals surface area contributed by atoms with Crippen molar-refractivity contribution in [2.45, 2.75) is 44.9 Å². The predicted molar refractivity (Wildman–Crippen MR) is 49.6 cm³/mol. The molecule has 2 nitrogen and oxygen atoms in total. The van der Waals surface area contributed by atoms with E-state index in [1.807, 2.05) is 6.92 Å². The minimum Gasteiger partial charge on any atom is -0.379 e. The smallest absolute Gasteiger partial charge is 0.102 e. The quantitative estimate of drug-likeness (QED) is 0.573. The van der Waals surface area contributed by atoms with Crippen molar-refractivity contribution in [3.8, 4) is 0 Å². The fourth-order valence-electron chi connectivity index (χ4n) is 1.30. The van der Waals surface area contributed by atoms with Crippen LogP contribution in [0.4, 0.5) is 4.39 Å². The van der Waals surface area contributed by atoms with Gasteiger partial charge in [-0.05, 0) is 12.8 Å². The van der Waals surface area contributed by atoms with Crippen LogP contribution in [0.3, 0.4) is 0 Å². The molecule has 0 saturated carbocycles. The minimum atomic E-state index is -0.688. The summed E-state index contributed by atoms with van der Waals surface area (Å²) in [5, 5.41) is 0. The molecule has 2 atom stereocenters. The SMILES string of the molecule is CCCC(F)CCOCC1CCO1. The van der Waals surface area contributed by atoms with Gasteiger partial charge < -0.3 is 9.47 Å². The molecule has 1 saturated heterocycles. The van der Waals surface area contributed by atoms with E-state index >= 15 is 0 Å². The molecular weight excluding hydrogens is 171 g/mol. The van der Waals surface area contributed by atoms with Gasteiger partial charge in [0.1, 0.15) is 6.17 Å². The van der Waals surface area contributed by atoms with Gasteiger partial charge in [0, 0.05) is 19.6 Å². The van der Waals surface area contributed by atoms with Gasteiger partial charge in [-0.25, -0.2) is 4.39 Å². The molecule has 0 aromatic carbocycles. The molecule has 1 aliphatic rings. The van der Waals surface area contributed by atoms with Crippen molar-refractivity contribution in [1.29, 1.82) is 0 Å². The zero-order chi connectivity index (χ0) is 9.52. The average Bonchev–Trinajstić information content (AvgIpc) is 2.01. The third-order valence-electron chi connectivity index (χ3n) is 2.27. The maximum Gasteiger partial charge on any atom is 0.102 e. The first kappa shape index (κ1) is 10.9. The van der Waals surface area contributed by atoms with Gasteiger partial charge >= 0.3 is 0 Å². The van der Waals surface area contributed by atoms with Crippen LogP contribution >= 0.6 is 0 Å². The molecule has 78 valence electrons. The van der Waals surface area contributed by atoms with Crippen molar-refractivity contribution in [3.05, 3.63) is 0 Å². The fourth-order valence-corrected chi connectivity index (χ4v) is 1.30. The molecule has 3 heteroatoms. The van der Waals surface area contributed by atoms with Crippen LogP contribution in [0.2, 0.25) is 0 Å². The Labute approximate surface area is 79.4 Å². The van der Waals surface area contributed by atoms with Gasteiger partial charge in [0.15, 0.2) is 0 Å². The van der Waals surface area contributed by atoms with Crippen molar-refractivity contribution >= 4 is 0 Å². The number of hydrogen-bond donors (Lipinski definition) is 0. The second-order valence-electron chi connectivity index (χ2n) is 3.53. The van der Waals surface area contributed by atoms with Crippen molar-refractivity contribution in [2.24, 2.45) is 0 Å². The lowest BCUT2D eigenvalue weighted by atomic mass is 10.2. The molecule has 0 aliphatic carbocycles. The maximum atomic E-state index is 12.9. The van der Waals surface area contributed by atoms with E-state index in [9.17, 15) is 4.39 Å². The highest BCUT2D eigenvalue weighted by Gasteiger charge is 2.17. The summed E-state index contributed by atoms with van der Waals surface area (Å²) in [6.45, 7) is 4.02. The van der Waals surface area contributed by atoms with Crippen molar-refractivity contribution in [1.82, 2.24) is 0 Å². The summed E-state index contributed by atoms with van der Waals surface area (Å²) >= 11 is 0. The van der Waals surface area contributed by atoms with Gasteiger partial charge in [0.25, 0.3) is 0 Å². The third kappa shape index (κ3) is 4.58. The van der Waals surface area contributed by atoms with Gasteiger partial charge in [-0.3, -0.25) is 0 Å². The first-order valence-corrected chi connectivity index (χ1v) is 5.16. The minimum absolute atomic E-state index is 0.282. The monoisotopic (exact) mass is 190 g/mol. The Bertz CT molecular complexity index is 126. The lowest BCUT2D eigenvalue weighted by Gasteiger charge is -2.26. The van der Waals surface area contributed by atoms with Gasteiger partial charge in [-0.15, -0.1) is 0 Å². The highest BCUT2D eigenvalue weighted by molar-refractivity contribution is 4.65. The molecule has 0 radical (unpaired) electrons. The van der Waals surface area contributed by atoms with E-state index in [0.717, 1.165) is 19.4 Å². The molecule has 13 heavy (non-hydrogen) atoms. The number of alkyl halides is 1. The van der Waals surface area contributed by atoms with Crippen LogP contribution in [0.5, 0.6) is 0 Å². The van der Waals surface area contributed by atoms with Crippen LogP contribution < -0.4 is 0 Å².